The third-order valence-corrected chi connectivity index (χ3v) is 13.8. The van der Waals surface area contributed by atoms with Crippen LogP contribution in [0.2, 0.25) is 0 Å². The number of carbonyl (C=O) groups is 3. The summed E-state index contributed by atoms with van der Waals surface area (Å²) in [7, 11) is 0. The average Bonchev–Trinajstić information content (AvgIpc) is 3.43. The number of allylic oxidation sites excluding steroid dienone is 18. The molecule has 0 aromatic heterocycles. The monoisotopic (exact) mass is 1070 g/mol. The zero-order valence-corrected chi connectivity index (χ0v) is 50.4. The number of rotatable bonds is 58. The predicted octanol–water partition coefficient (Wildman–Crippen LogP) is 22.2. The molecule has 0 aliphatic carbocycles. The van der Waals surface area contributed by atoms with Crippen molar-refractivity contribution in [2.75, 3.05) is 13.2 Å². The molecule has 0 amide bonds. The third-order valence-electron chi connectivity index (χ3n) is 13.8. The van der Waals surface area contributed by atoms with E-state index in [0.29, 0.717) is 19.3 Å². The lowest BCUT2D eigenvalue weighted by Crippen LogP contribution is -2.30. The second kappa shape index (κ2) is 64.6. The lowest BCUT2D eigenvalue weighted by Gasteiger charge is -2.18. The maximum atomic E-state index is 12.8. The predicted molar refractivity (Wildman–Crippen MR) is 334 cm³/mol. The molecule has 0 N–H and O–H groups in total. The number of hydrogen-bond donors (Lipinski definition) is 0. The van der Waals surface area contributed by atoms with Crippen molar-refractivity contribution in [1.29, 1.82) is 0 Å². The SMILES string of the molecule is CC/C=C\C/C=C\C/C=C\C/C=C\C/C=C\C/C=C\C/C=C\C/C=C\C/C=C\CCCCCCCC(=O)OCC(COC(=O)CCCCCCCCC)OC(=O)CCCCCCCCCCCCCCCCCCCCC. The molecule has 0 heterocycles. The number of carbonyl (C=O) groups excluding carboxylic acids is 3. The molecule has 0 aromatic carbocycles. The quantitative estimate of drug-likeness (QED) is 0.0261. The zero-order valence-electron chi connectivity index (χ0n) is 50.4. The van der Waals surface area contributed by atoms with Crippen LogP contribution in [0.4, 0.5) is 0 Å². The molecule has 0 aromatic rings. The van der Waals surface area contributed by atoms with E-state index >= 15 is 0 Å². The first-order valence-corrected chi connectivity index (χ1v) is 32.4. The van der Waals surface area contributed by atoms with Crippen LogP contribution in [0.15, 0.2) is 109 Å². The van der Waals surface area contributed by atoms with E-state index in [1.54, 1.807) is 0 Å². The van der Waals surface area contributed by atoms with Crippen molar-refractivity contribution < 1.29 is 28.6 Å². The Hall–Kier alpha value is -3.93. The zero-order chi connectivity index (χ0) is 55.7. The highest BCUT2D eigenvalue weighted by molar-refractivity contribution is 5.71. The second-order valence-corrected chi connectivity index (χ2v) is 21.3. The van der Waals surface area contributed by atoms with Crippen molar-refractivity contribution in [2.24, 2.45) is 0 Å². The summed E-state index contributed by atoms with van der Waals surface area (Å²) in [5.74, 6) is -0.899. The maximum absolute atomic E-state index is 12.8. The lowest BCUT2D eigenvalue weighted by atomic mass is 10.0. The summed E-state index contributed by atoms with van der Waals surface area (Å²) >= 11 is 0. The van der Waals surface area contributed by atoms with Gasteiger partial charge in [0.05, 0.1) is 0 Å². The fourth-order valence-corrected chi connectivity index (χ4v) is 8.97. The van der Waals surface area contributed by atoms with E-state index in [2.05, 4.69) is 130 Å². The first kappa shape index (κ1) is 73.1. The van der Waals surface area contributed by atoms with Crippen molar-refractivity contribution >= 4 is 17.9 Å². The molecule has 0 spiro atoms. The summed E-state index contributed by atoms with van der Waals surface area (Å²) in [6.07, 6.45) is 88.4. The van der Waals surface area contributed by atoms with E-state index < -0.39 is 6.10 Å². The Labute approximate surface area is 476 Å². The summed E-state index contributed by atoms with van der Waals surface area (Å²) in [6.45, 7) is 6.49. The van der Waals surface area contributed by atoms with E-state index in [-0.39, 0.29) is 31.1 Å². The van der Waals surface area contributed by atoms with Crippen molar-refractivity contribution in [1.82, 2.24) is 0 Å². The van der Waals surface area contributed by atoms with Crippen molar-refractivity contribution in [3.8, 4) is 0 Å². The van der Waals surface area contributed by atoms with Gasteiger partial charge in [0, 0.05) is 19.3 Å². The van der Waals surface area contributed by atoms with Crippen LogP contribution >= 0.6 is 0 Å². The first-order valence-electron chi connectivity index (χ1n) is 32.4. The molecule has 0 rings (SSSR count). The second-order valence-electron chi connectivity index (χ2n) is 21.3. The van der Waals surface area contributed by atoms with E-state index in [1.165, 1.54) is 128 Å². The molecule has 0 saturated heterocycles. The molecule has 440 valence electrons. The standard InChI is InChI=1S/C71H120O6/c1-4-7-10-13-16-18-20-22-24-26-28-29-30-31-32-33-34-35-36-37-38-39-40-41-43-44-46-48-50-52-55-58-61-64-70(73)76-67-68(66-75-69(72)63-60-57-54-15-12-9-6-3)77-71(74)65-62-59-56-53-51-49-47-45-42-27-25-23-21-19-17-14-11-8-5-2/h7,10,16,18,22,24,28-29,31-32,34-35,37-38,40-41,44,46,68H,4-6,8-9,11-15,17,19-21,23,25-27,30,33,36,39,42-43,45,47-67H2,1-3H3/b10-7-,18-16-,24-22-,29-28-,32-31-,35-34-,38-37-,41-40-,46-44-. The van der Waals surface area contributed by atoms with Gasteiger partial charge < -0.3 is 14.2 Å². The normalized spacial score (nSPS) is 12.8. The van der Waals surface area contributed by atoms with E-state index in [9.17, 15) is 14.4 Å². The molecule has 0 aliphatic heterocycles. The van der Waals surface area contributed by atoms with Crippen LogP contribution in [-0.4, -0.2) is 37.2 Å². The van der Waals surface area contributed by atoms with E-state index in [4.69, 9.17) is 14.2 Å². The minimum atomic E-state index is -0.783. The number of ether oxygens (including phenoxy) is 3. The van der Waals surface area contributed by atoms with Crippen LogP contribution in [0.1, 0.15) is 303 Å². The van der Waals surface area contributed by atoms with Gasteiger partial charge in [-0.3, -0.25) is 14.4 Å². The van der Waals surface area contributed by atoms with E-state index in [1.807, 2.05) is 0 Å². The molecular formula is C71H120O6. The Morgan fingerprint density at radius 3 is 0.792 bits per heavy atom. The number of esters is 3. The van der Waals surface area contributed by atoms with E-state index in [0.717, 1.165) is 135 Å². The van der Waals surface area contributed by atoms with Crippen LogP contribution in [-0.2, 0) is 28.6 Å². The molecule has 0 fully saturated rings. The van der Waals surface area contributed by atoms with Crippen LogP contribution in [0.5, 0.6) is 0 Å². The van der Waals surface area contributed by atoms with Crippen LogP contribution < -0.4 is 0 Å². The molecule has 0 aliphatic rings. The van der Waals surface area contributed by atoms with Crippen LogP contribution in [0, 0.1) is 0 Å². The topological polar surface area (TPSA) is 78.9 Å². The summed E-state index contributed by atoms with van der Waals surface area (Å²) < 4.78 is 16.8. The third kappa shape index (κ3) is 62.8. The number of unbranched alkanes of at least 4 members (excludes halogenated alkanes) is 29. The Bertz CT molecular complexity index is 1560. The average molecular weight is 1070 g/mol. The molecule has 0 bridgehead atoms. The highest BCUT2D eigenvalue weighted by Crippen LogP contribution is 2.16. The highest BCUT2D eigenvalue weighted by Gasteiger charge is 2.19. The molecular weight excluding hydrogens is 949 g/mol. The Morgan fingerprint density at radius 1 is 0.273 bits per heavy atom. The fourth-order valence-electron chi connectivity index (χ4n) is 8.97. The summed E-state index contributed by atoms with van der Waals surface area (Å²) in [5, 5.41) is 0. The molecule has 0 radical (unpaired) electrons. The molecule has 6 heteroatoms. The van der Waals surface area contributed by atoms with Gasteiger partial charge in [-0.15, -0.1) is 0 Å². The van der Waals surface area contributed by atoms with Gasteiger partial charge in [-0.05, 0) is 89.9 Å². The minimum absolute atomic E-state index is 0.0814. The van der Waals surface area contributed by atoms with Gasteiger partial charge in [-0.1, -0.05) is 304 Å². The van der Waals surface area contributed by atoms with Crippen molar-refractivity contribution in [2.45, 2.75) is 309 Å². The molecule has 0 saturated carbocycles. The summed E-state index contributed by atoms with van der Waals surface area (Å²) in [6, 6.07) is 0. The molecule has 77 heavy (non-hydrogen) atoms. The van der Waals surface area contributed by atoms with Gasteiger partial charge in [0.1, 0.15) is 13.2 Å². The Kier molecular flexibility index (Phi) is 61.3. The first-order chi connectivity index (χ1) is 38.0. The summed E-state index contributed by atoms with van der Waals surface area (Å²) in [5.41, 5.74) is 0. The van der Waals surface area contributed by atoms with Crippen LogP contribution in [0.25, 0.3) is 0 Å². The minimum Gasteiger partial charge on any atom is -0.462 e. The Balaban J connectivity index is 4.17. The maximum Gasteiger partial charge on any atom is 0.306 e. The molecule has 6 nitrogen and oxygen atoms in total. The lowest BCUT2D eigenvalue weighted by molar-refractivity contribution is -0.167. The summed E-state index contributed by atoms with van der Waals surface area (Å²) in [4.78, 5) is 38.1. The highest BCUT2D eigenvalue weighted by atomic mass is 16.6. The van der Waals surface area contributed by atoms with Gasteiger partial charge in [0.25, 0.3) is 0 Å². The largest absolute Gasteiger partial charge is 0.462 e. The van der Waals surface area contributed by atoms with Gasteiger partial charge in [-0.25, -0.2) is 0 Å². The number of hydrogen-bond acceptors (Lipinski definition) is 6. The smallest absolute Gasteiger partial charge is 0.306 e. The van der Waals surface area contributed by atoms with Crippen LogP contribution in [0.3, 0.4) is 0 Å². The Morgan fingerprint density at radius 2 is 0.506 bits per heavy atom. The molecule has 1 unspecified atom stereocenters. The van der Waals surface area contributed by atoms with Crippen molar-refractivity contribution in [3.63, 3.8) is 0 Å². The van der Waals surface area contributed by atoms with Gasteiger partial charge >= 0.3 is 17.9 Å². The van der Waals surface area contributed by atoms with Crippen molar-refractivity contribution in [3.05, 3.63) is 109 Å². The van der Waals surface area contributed by atoms with Gasteiger partial charge in [0.2, 0.25) is 0 Å². The molecule has 1 atom stereocenters. The fraction of sp³-hybridized carbons (Fsp3) is 0.704. The van der Waals surface area contributed by atoms with Gasteiger partial charge in [0.15, 0.2) is 6.10 Å². The van der Waals surface area contributed by atoms with Gasteiger partial charge in [-0.2, -0.15) is 0 Å².